The first-order valence-electron chi connectivity index (χ1n) is 11.8. The predicted octanol–water partition coefficient (Wildman–Crippen LogP) is 4.69. The second kappa shape index (κ2) is 11.3. The van der Waals surface area contributed by atoms with Gasteiger partial charge in [0.1, 0.15) is 17.3 Å². The number of amides is 1. The number of aliphatic hydroxyl groups is 1. The zero-order valence-corrected chi connectivity index (χ0v) is 20.3. The number of aliphatic hydroxyl groups excluding tert-OH is 1. The molecule has 1 amide bonds. The number of likely N-dealkylation sites (tertiary alicyclic amines) is 1. The number of benzene rings is 2. The third kappa shape index (κ3) is 5.30. The normalized spacial score (nSPS) is 17.6. The van der Waals surface area contributed by atoms with E-state index in [-0.39, 0.29) is 11.3 Å². The van der Waals surface area contributed by atoms with Crippen LogP contribution < -0.4 is 4.74 Å². The van der Waals surface area contributed by atoms with Crippen molar-refractivity contribution in [3.63, 3.8) is 0 Å². The zero-order valence-electron chi connectivity index (χ0n) is 20.3. The number of ketones is 1. The number of carbonyl (C=O) groups excluding carboxylic acids is 2. The number of Topliss-reactive ketones (excluding diaryl/α,β-unsaturated/α-hetero) is 1. The number of ether oxygens (including phenoxy) is 1. The van der Waals surface area contributed by atoms with Crippen molar-refractivity contribution >= 4 is 17.4 Å². The van der Waals surface area contributed by atoms with Gasteiger partial charge in [0.15, 0.2) is 0 Å². The van der Waals surface area contributed by atoms with Gasteiger partial charge in [0.25, 0.3) is 11.7 Å². The Morgan fingerprint density at radius 3 is 2.35 bits per heavy atom. The first-order valence-corrected chi connectivity index (χ1v) is 11.8. The highest BCUT2D eigenvalue weighted by Crippen LogP contribution is 2.40. The van der Waals surface area contributed by atoms with Crippen molar-refractivity contribution in [1.82, 2.24) is 9.80 Å². The molecule has 182 valence electrons. The number of likely N-dealkylation sites (N-methyl/N-ethyl adjacent to an activating group) is 1. The Balaban J connectivity index is 2.07. The fraction of sp³-hybridized carbons (Fsp3) is 0.407. The minimum Gasteiger partial charge on any atom is -0.507 e. The summed E-state index contributed by atoms with van der Waals surface area (Å²) in [6.45, 7) is 11.0. The number of aryl methyl sites for hydroxylation is 1. The number of hydrogen-bond acceptors (Lipinski definition) is 5. The third-order valence-electron chi connectivity index (χ3n) is 6.20. The van der Waals surface area contributed by atoms with E-state index in [1.807, 2.05) is 27.7 Å². The molecule has 1 aliphatic heterocycles. The summed E-state index contributed by atoms with van der Waals surface area (Å²) >= 11 is 0. The van der Waals surface area contributed by atoms with Crippen LogP contribution in [0.2, 0.25) is 0 Å². The van der Waals surface area contributed by atoms with Crippen molar-refractivity contribution in [2.45, 2.75) is 40.2 Å². The predicted molar refractivity (Wildman–Crippen MR) is 130 cm³/mol. The van der Waals surface area contributed by atoms with Gasteiger partial charge in [-0.25, -0.2) is 4.39 Å². The van der Waals surface area contributed by atoms with Gasteiger partial charge >= 0.3 is 0 Å². The van der Waals surface area contributed by atoms with Gasteiger partial charge in [0.05, 0.1) is 18.2 Å². The zero-order chi connectivity index (χ0) is 24.8. The maximum Gasteiger partial charge on any atom is 0.295 e. The van der Waals surface area contributed by atoms with Crippen molar-refractivity contribution in [3.8, 4) is 5.75 Å². The molecule has 1 atom stereocenters. The van der Waals surface area contributed by atoms with Crippen LogP contribution in [-0.2, 0) is 9.59 Å². The average Bonchev–Trinajstić information content (AvgIpc) is 3.08. The molecule has 1 N–H and O–H groups in total. The molecule has 1 saturated heterocycles. The summed E-state index contributed by atoms with van der Waals surface area (Å²) in [6, 6.07) is 10.1. The van der Waals surface area contributed by atoms with E-state index in [2.05, 4.69) is 4.90 Å². The molecule has 6 nitrogen and oxygen atoms in total. The summed E-state index contributed by atoms with van der Waals surface area (Å²) in [7, 11) is 0. The van der Waals surface area contributed by atoms with Gasteiger partial charge < -0.3 is 19.6 Å². The van der Waals surface area contributed by atoms with Gasteiger partial charge in [-0.2, -0.15) is 0 Å². The van der Waals surface area contributed by atoms with Crippen LogP contribution in [0.5, 0.6) is 5.75 Å². The first kappa shape index (κ1) is 25.4. The van der Waals surface area contributed by atoms with Crippen LogP contribution in [0.25, 0.3) is 5.76 Å². The van der Waals surface area contributed by atoms with Gasteiger partial charge in [-0.1, -0.05) is 32.9 Å². The summed E-state index contributed by atoms with van der Waals surface area (Å²) in [5.74, 6) is -1.38. The summed E-state index contributed by atoms with van der Waals surface area (Å²) in [6.07, 6.45) is 0.870. The van der Waals surface area contributed by atoms with Crippen LogP contribution in [0.1, 0.15) is 49.9 Å². The van der Waals surface area contributed by atoms with E-state index in [0.717, 1.165) is 25.1 Å². The van der Waals surface area contributed by atoms with Crippen LogP contribution in [0.3, 0.4) is 0 Å². The Bertz CT molecular complexity index is 1060. The lowest BCUT2D eigenvalue weighted by Gasteiger charge is -2.28. The molecule has 34 heavy (non-hydrogen) atoms. The number of hydrogen-bond donors (Lipinski definition) is 1. The lowest BCUT2D eigenvalue weighted by Crippen LogP contribution is -2.38. The van der Waals surface area contributed by atoms with E-state index in [1.54, 1.807) is 30.3 Å². The Morgan fingerprint density at radius 1 is 1.09 bits per heavy atom. The Hall–Kier alpha value is -3.19. The second-order valence-corrected chi connectivity index (χ2v) is 8.40. The van der Waals surface area contributed by atoms with Crippen molar-refractivity contribution in [2.75, 3.05) is 32.8 Å². The average molecular weight is 469 g/mol. The Labute approximate surface area is 200 Å². The molecule has 2 aromatic rings. The van der Waals surface area contributed by atoms with E-state index < -0.39 is 23.5 Å². The highest BCUT2D eigenvalue weighted by Gasteiger charge is 2.46. The lowest BCUT2D eigenvalue weighted by atomic mass is 9.94. The van der Waals surface area contributed by atoms with Gasteiger partial charge in [-0.05, 0) is 67.9 Å². The van der Waals surface area contributed by atoms with E-state index in [9.17, 15) is 19.1 Å². The molecular formula is C27H33FN2O4. The largest absolute Gasteiger partial charge is 0.507 e. The van der Waals surface area contributed by atoms with E-state index in [1.165, 1.54) is 17.0 Å². The van der Waals surface area contributed by atoms with Crippen molar-refractivity contribution in [3.05, 3.63) is 70.5 Å². The summed E-state index contributed by atoms with van der Waals surface area (Å²) in [5.41, 5.74) is 1.76. The number of nitrogens with zero attached hydrogens (tertiary/aromatic N) is 2. The minimum absolute atomic E-state index is 0.0153. The molecule has 0 aliphatic carbocycles. The molecule has 0 aromatic heterocycles. The Kier molecular flexibility index (Phi) is 8.45. The van der Waals surface area contributed by atoms with Crippen LogP contribution in [-0.4, -0.2) is 59.4 Å². The van der Waals surface area contributed by atoms with Gasteiger partial charge in [-0.3, -0.25) is 9.59 Å². The van der Waals surface area contributed by atoms with Crippen LogP contribution in [0.4, 0.5) is 4.39 Å². The maximum absolute atomic E-state index is 13.6. The van der Waals surface area contributed by atoms with Gasteiger partial charge in [-0.15, -0.1) is 0 Å². The SMILES string of the molecule is CCCOc1ccc(C(O)=C2C(=O)C(=O)N(CCN(CC)CC)[C@H]2c2ccc(F)cc2)c(C)c1. The Morgan fingerprint density at radius 2 is 1.76 bits per heavy atom. The topological polar surface area (TPSA) is 70.1 Å². The van der Waals surface area contributed by atoms with Crippen LogP contribution in [0, 0.1) is 12.7 Å². The van der Waals surface area contributed by atoms with Crippen LogP contribution in [0.15, 0.2) is 48.0 Å². The molecule has 0 unspecified atom stereocenters. The minimum atomic E-state index is -0.799. The summed E-state index contributed by atoms with van der Waals surface area (Å²) in [4.78, 5) is 29.9. The molecule has 3 rings (SSSR count). The quantitative estimate of drug-likeness (QED) is 0.311. The molecule has 1 aliphatic rings. The highest BCUT2D eigenvalue weighted by molar-refractivity contribution is 6.46. The summed E-state index contributed by atoms with van der Waals surface area (Å²) in [5, 5.41) is 11.3. The van der Waals surface area contributed by atoms with Crippen molar-refractivity contribution in [1.29, 1.82) is 0 Å². The molecule has 7 heteroatoms. The smallest absolute Gasteiger partial charge is 0.295 e. The molecule has 0 spiro atoms. The van der Waals surface area contributed by atoms with Crippen LogP contribution >= 0.6 is 0 Å². The van der Waals surface area contributed by atoms with E-state index in [4.69, 9.17) is 4.74 Å². The van der Waals surface area contributed by atoms with E-state index in [0.29, 0.717) is 36.6 Å². The highest BCUT2D eigenvalue weighted by atomic mass is 19.1. The first-order chi connectivity index (χ1) is 16.3. The lowest BCUT2D eigenvalue weighted by molar-refractivity contribution is -0.140. The summed E-state index contributed by atoms with van der Waals surface area (Å²) < 4.78 is 19.3. The fourth-order valence-corrected chi connectivity index (χ4v) is 4.25. The third-order valence-corrected chi connectivity index (χ3v) is 6.20. The van der Waals surface area contributed by atoms with Gasteiger partial charge in [0.2, 0.25) is 0 Å². The van der Waals surface area contributed by atoms with Crippen molar-refractivity contribution in [2.24, 2.45) is 0 Å². The van der Waals surface area contributed by atoms with Crippen molar-refractivity contribution < 1.29 is 23.8 Å². The van der Waals surface area contributed by atoms with Gasteiger partial charge in [0, 0.05) is 18.7 Å². The molecule has 0 bridgehead atoms. The molecular weight excluding hydrogens is 435 g/mol. The molecule has 1 fully saturated rings. The number of rotatable bonds is 10. The standard InChI is InChI=1S/C27H33FN2O4/c1-5-16-34-21-12-13-22(18(4)17-21)25(31)23-24(19-8-10-20(28)11-9-19)30(27(33)26(23)32)15-14-29(6-2)7-3/h8-13,17,24,31H,5-7,14-16H2,1-4H3/t24-/m0/s1. The number of halogens is 1. The molecule has 0 radical (unpaired) electrons. The second-order valence-electron chi connectivity index (χ2n) is 8.40. The monoisotopic (exact) mass is 468 g/mol. The maximum atomic E-state index is 13.6. The molecule has 1 heterocycles. The molecule has 2 aromatic carbocycles. The van der Waals surface area contributed by atoms with E-state index >= 15 is 0 Å². The fourth-order valence-electron chi connectivity index (χ4n) is 4.25. The number of carbonyl (C=O) groups is 2. The molecule has 0 saturated carbocycles.